The summed E-state index contributed by atoms with van der Waals surface area (Å²) in [6, 6.07) is 18.2. The number of halogens is 1. The molecule has 0 radical (unpaired) electrons. The molecule has 0 aliphatic carbocycles. The van der Waals surface area contributed by atoms with Gasteiger partial charge in [0.2, 0.25) is 5.91 Å². The number of non-ortho nitro benzene ring substituents is 1. The number of nitrogens with one attached hydrogen (secondary N) is 1. The highest BCUT2D eigenvalue weighted by atomic mass is 127. The molecule has 4 rings (SSSR count). The SMILES string of the molecule is CCOc1ccc(NC(=O)CN2C(=O)S/C(=C/c3ccc(OCc4cccc([N+](=O)[O-])c4)c(I)c3)C2=O)cc1. The number of carbonyl (C=O) groups is 3. The molecule has 0 spiro atoms. The van der Waals surface area contributed by atoms with Gasteiger partial charge in [-0.05, 0) is 94.9 Å². The number of amides is 3. The van der Waals surface area contributed by atoms with Crippen LogP contribution in [0.5, 0.6) is 11.5 Å². The molecule has 200 valence electrons. The molecule has 10 nitrogen and oxygen atoms in total. The molecule has 0 bridgehead atoms. The molecule has 3 aromatic rings. The Bertz CT molecular complexity index is 1460. The fraction of sp³-hybridized carbons (Fsp3) is 0.148. The summed E-state index contributed by atoms with van der Waals surface area (Å²) < 4.78 is 11.9. The average molecular weight is 659 g/mol. The lowest BCUT2D eigenvalue weighted by Gasteiger charge is -2.13. The first-order chi connectivity index (χ1) is 18.7. The minimum Gasteiger partial charge on any atom is -0.494 e. The fourth-order valence-electron chi connectivity index (χ4n) is 3.58. The van der Waals surface area contributed by atoms with E-state index in [0.717, 1.165) is 20.2 Å². The summed E-state index contributed by atoms with van der Waals surface area (Å²) in [5, 5.41) is 13.1. The number of anilines is 1. The van der Waals surface area contributed by atoms with Crippen LogP contribution in [0.4, 0.5) is 16.2 Å². The first-order valence-electron chi connectivity index (χ1n) is 11.7. The van der Waals surface area contributed by atoms with Crippen LogP contribution in [0.15, 0.2) is 71.6 Å². The van der Waals surface area contributed by atoms with E-state index >= 15 is 0 Å². The van der Waals surface area contributed by atoms with Crippen LogP contribution in [0, 0.1) is 13.7 Å². The van der Waals surface area contributed by atoms with Gasteiger partial charge < -0.3 is 14.8 Å². The van der Waals surface area contributed by atoms with Crippen molar-refractivity contribution in [1.82, 2.24) is 4.90 Å². The van der Waals surface area contributed by atoms with E-state index in [2.05, 4.69) is 27.9 Å². The van der Waals surface area contributed by atoms with Crippen molar-refractivity contribution in [1.29, 1.82) is 0 Å². The van der Waals surface area contributed by atoms with Crippen LogP contribution in [0.25, 0.3) is 6.08 Å². The number of nitrogens with zero attached hydrogens (tertiary/aromatic N) is 2. The van der Waals surface area contributed by atoms with E-state index in [9.17, 15) is 24.5 Å². The second-order valence-corrected chi connectivity index (χ2v) is 10.3. The molecule has 3 amide bonds. The molecule has 0 aromatic heterocycles. The normalized spacial score (nSPS) is 14.0. The topological polar surface area (TPSA) is 128 Å². The van der Waals surface area contributed by atoms with Crippen LogP contribution in [0.2, 0.25) is 0 Å². The number of hydrogen-bond donors (Lipinski definition) is 1. The van der Waals surface area contributed by atoms with E-state index in [0.29, 0.717) is 34.9 Å². The minimum absolute atomic E-state index is 0.0104. The molecular weight excluding hydrogens is 637 g/mol. The first kappa shape index (κ1) is 28.1. The lowest BCUT2D eigenvalue weighted by Crippen LogP contribution is -2.36. The van der Waals surface area contributed by atoms with Crippen molar-refractivity contribution in [2.75, 3.05) is 18.5 Å². The van der Waals surface area contributed by atoms with Crippen LogP contribution in [0.1, 0.15) is 18.1 Å². The largest absolute Gasteiger partial charge is 0.494 e. The molecule has 0 unspecified atom stereocenters. The molecule has 1 N–H and O–H groups in total. The monoisotopic (exact) mass is 659 g/mol. The van der Waals surface area contributed by atoms with Gasteiger partial charge in [-0.2, -0.15) is 0 Å². The fourth-order valence-corrected chi connectivity index (χ4v) is 5.11. The van der Waals surface area contributed by atoms with Gasteiger partial charge in [0, 0.05) is 17.8 Å². The summed E-state index contributed by atoms with van der Waals surface area (Å²) in [5.41, 5.74) is 1.84. The summed E-state index contributed by atoms with van der Waals surface area (Å²) in [6.07, 6.45) is 1.59. The van der Waals surface area contributed by atoms with Gasteiger partial charge in [0.1, 0.15) is 24.7 Å². The summed E-state index contributed by atoms with van der Waals surface area (Å²) in [6.45, 7) is 2.14. The Hall–Kier alpha value is -3.91. The average Bonchev–Trinajstić information content (AvgIpc) is 3.16. The molecule has 1 saturated heterocycles. The van der Waals surface area contributed by atoms with Crippen molar-refractivity contribution in [3.05, 3.63) is 96.4 Å². The summed E-state index contributed by atoms with van der Waals surface area (Å²) in [4.78, 5) is 49.4. The smallest absolute Gasteiger partial charge is 0.294 e. The number of benzene rings is 3. The van der Waals surface area contributed by atoms with Crippen LogP contribution in [0.3, 0.4) is 0 Å². The Morgan fingerprint density at radius 2 is 1.87 bits per heavy atom. The molecule has 39 heavy (non-hydrogen) atoms. The van der Waals surface area contributed by atoms with E-state index in [-0.39, 0.29) is 17.2 Å². The van der Waals surface area contributed by atoms with Crippen molar-refractivity contribution in [3.8, 4) is 11.5 Å². The van der Waals surface area contributed by atoms with E-state index in [1.807, 2.05) is 6.92 Å². The molecule has 1 heterocycles. The van der Waals surface area contributed by atoms with E-state index in [1.165, 1.54) is 12.1 Å². The zero-order valence-corrected chi connectivity index (χ0v) is 23.6. The van der Waals surface area contributed by atoms with Crippen LogP contribution in [-0.4, -0.2) is 40.0 Å². The zero-order chi connectivity index (χ0) is 27.9. The number of thioether (sulfide) groups is 1. The Morgan fingerprint density at radius 3 is 2.56 bits per heavy atom. The predicted molar refractivity (Wildman–Crippen MR) is 156 cm³/mol. The van der Waals surface area contributed by atoms with Gasteiger partial charge in [0.25, 0.3) is 16.8 Å². The Kier molecular flexibility index (Phi) is 9.19. The van der Waals surface area contributed by atoms with Gasteiger partial charge in [-0.15, -0.1) is 0 Å². The molecule has 12 heteroatoms. The van der Waals surface area contributed by atoms with Gasteiger partial charge in [0.15, 0.2) is 0 Å². The van der Waals surface area contributed by atoms with Gasteiger partial charge >= 0.3 is 0 Å². The summed E-state index contributed by atoms with van der Waals surface area (Å²) in [7, 11) is 0. The third-order valence-electron chi connectivity index (χ3n) is 5.39. The Balaban J connectivity index is 1.37. The number of ether oxygens (including phenoxy) is 2. The molecule has 0 atom stereocenters. The lowest BCUT2D eigenvalue weighted by molar-refractivity contribution is -0.384. The minimum atomic E-state index is -0.548. The Morgan fingerprint density at radius 1 is 1.10 bits per heavy atom. The highest BCUT2D eigenvalue weighted by molar-refractivity contribution is 14.1. The van der Waals surface area contributed by atoms with Crippen LogP contribution < -0.4 is 14.8 Å². The van der Waals surface area contributed by atoms with Crippen LogP contribution in [-0.2, 0) is 16.2 Å². The van der Waals surface area contributed by atoms with E-state index < -0.39 is 28.5 Å². The van der Waals surface area contributed by atoms with Crippen molar-refractivity contribution in [2.45, 2.75) is 13.5 Å². The van der Waals surface area contributed by atoms with Crippen molar-refractivity contribution in [2.24, 2.45) is 0 Å². The molecule has 1 fully saturated rings. The standard InChI is InChI=1S/C27H22IN3O7S/c1-2-37-21-9-7-19(8-10-21)29-25(32)15-30-26(33)24(39-27(30)34)14-17-6-11-23(22(28)13-17)38-16-18-4-3-5-20(12-18)31(35)36/h3-14H,2,15-16H2,1H3,(H,29,32)/b24-14+. The van der Waals surface area contributed by atoms with Crippen LogP contribution >= 0.6 is 34.4 Å². The van der Waals surface area contributed by atoms with Crippen molar-refractivity contribution in [3.63, 3.8) is 0 Å². The Labute approximate surface area is 241 Å². The van der Waals surface area contributed by atoms with Gasteiger partial charge in [0.05, 0.1) is 20.0 Å². The van der Waals surface area contributed by atoms with Gasteiger partial charge in [-0.25, -0.2) is 0 Å². The number of rotatable bonds is 10. The predicted octanol–water partition coefficient (Wildman–Crippen LogP) is 5.85. The molecule has 3 aromatic carbocycles. The highest BCUT2D eigenvalue weighted by Crippen LogP contribution is 2.33. The molecule has 0 saturated carbocycles. The third kappa shape index (κ3) is 7.35. The number of nitro benzene ring substituents is 1. The summed E-state index contributed by atoms with van der Waals surface area (Å²) >= 11 is 2.85. The van der Waals surface area contributed by atoms with Crippen molar-refractivity contribution < 1.29 is 28.8 Å². The number of nitro groups is 1. The quantitative estimate of drug-likeness (QED) is 0.124. The van der Waals surface area contributed by atoms with Gasteiger partial charge in [-0.3, -0.25) is 29.4 Å². The maximum atomic E-state index is 12.9. The molecule has 1 aliphatic heterocycles. The lowest BCUT2D eigenvalue weighted by atomic mass is 10.2. The number of carbonyl (C=O) groups excluding carboxylic acids is 3. The third-order valence-corrected chi connectivity index (χ3v) is 7.14. The summed E-state index contributed by atoms with van der Waals surface area (Å²) in [5.74, 6) is 0.192. The van der Waals surface area contributed by atoms with Crippen molar-refractivity contribution >= 4 is 68.9 Å². The number of hydrogen-bond acceptors (Lipinski definition) is 8. The maximum Gasteiger partial charge on any atom is 0.294 e. The van der Waals surface area contributed by atoms with Gasteiger partial charge in [-0.1, -0.05) is 18.2 Å². The second-order valence-electron chi connectivity index (χ2n) is 8.18. The number of imide groups is 1. The first-order valence-corrected chi connectivity index (χ1v) is 13.6. The van der Waals surface area contributed by atoms with E-state index in [4.69, 9.17) is 9.47 Å². The maximum absolute atomic E-state index is 12.9. The zero-order valence-electron chi connectivity index (χ0n) is 20.6. The molecular formula is C27H22IN3O7S. The van der Waals surface area contributed by atoms with E-state index in [1.54, 1.807) is 60.7 Å². The molecule has 1 aliphatic rings. The highest BCUT2D eigenvalue weighted by Gasteiger charge is 2.36. The second kappa shape index (κ2) is 12.8.